The van der Waals surface area contributed by atoms with Gasteiger partial charge in [-0.3, -0.25) is 9.59 Å². The van der Waals surface area contributed by atoms with Crippen molar-refractivity contribution >= 4 is 23.5 Å². The highest BCUT2D eigenvalue weighted by Gasteiger charge is 2.21. The minimum Gasteiger partial charge on any atom is -0.480 e. The number of carboxylic acids is 1. The molecule has 0 aromatic heterocycles. The Kier molecular flexibility index (Phi) is 7.51. The Hall–Kier alpha value is -3.19. The molecule has 0 aliphatic carbocycles. The van der Waals surface area contributed by atoms with Crippen molar-refractivity contribution in [3.8, 4) is 0 Å². The molecule has 1 atom stereocenters. The molecule has 3 N–H and O–H groups in total. The molecule has 1 amide bonds. The summed E-state index contributed by atoms with van der Waals surface area (Å²) in [5.74, 6) is -2.20. The molecular formula is C20H22N2O5. The first kappa shape index (κ1) is 20.1. The second-order valence-electron chi connectivity index (χ2n) is 5.87. The summed E-state index contributed by atoms with van der Waals surface area (Å²) in [5.41, 5.74) is 1.56. The first-order chi connectivity index (χ1) is 13.0. The fraction of sp³-hybridized carbons (Fsp3) is 0.250. The lowest BCUT2D eigenvalue weighted by atomic mass is 10.1. The van der Waals surface area contributed by atoms with Crippen LogP contribution in [0.25, 0.3) is 0 Å². The number of carbonyl (C=O) groups excluding carboxylic acids is 2. The molecule has 2 rings (SSSR count). The van der Waals surface area contributed by atoms with E-state index in [1.54, 1.807) is 18.2 Å². The van der Waals surface area contributed by atoms with Gasteiger partial charge in [-0.15, -0.1) is 0 Å². The van der Waals surface area contributed by atoms with Crippen LogP contribution >= 0.6 is 0 Å². The van der Waals surface area contributed by atoms with Crippen LogP contribution in [0.2, 0.25) is 0 Å². The summed E-state index contributed by atoms with van der Waals surface area (Å²) in [4.78, 5) is 35.4. The lowest BCUT2D eigenvalue weighted by molar-refractivity contribution is -0.141. The lowest BCUT2D eigenvalue weighted by Crippen LogP contribution is -2.40. The molecule has 0 aliphatic heterocycles. The summed E-state index contributed by atoms with van der Waals surface area (Å²) in [6, 6.07) is 15.0. The van der Waals surface area contributed by atoms with Gasteiger partial charge in [-0.2, -0.15) is 0 Å². The zero-order valence-corrected chi connectivity index (χ0v) is 15.0. The summed E-state index contributed by atoms with van der Waals surface area (Å²) >= 11 is 0. The number of carboxylic acid groups (broad SMARTS) is 1. The Morgan fingerprint density at radius 1 is 1.04 bits per heavy atom. The highest BCUT2D eigenvalue weighted by molar-refractivity contribution is 6.02. The van der Waals surface area contributed by atoms with E-state index in [9.17, 15) is 19.5 Å². The first-order valence-electron chi connectivity index (χ1n) is 8.48. The molecule has 0 radical (unpaired) electrons. The largest absolute Gasteiger partial charge is 0.480 e. The molecule has 0 saturated heterocycles. The SMILES string of the molecule is COC(=O)c1ccccc1NC(=O)CC(NCCc1ccccc1)C(=O)O. The monoisotopic (exact) mass is 370 g/mol. The summed E-state index contributed by atoms with van der Waals surface area (Å²) in [5, 5.41) is 14.8. The van der Waals surface area contributed by atoms with Gasteiger partial charge in [0.2, 0.25) is 5.91 Å². The molecule has 0 bridgehead atoms. The molecule has 7 nitrogen and oxygen atoms in total. The molecule has 0 saturated carbocycles. The molecule has 0 heterocycles. The van der Waals surface area contributed by atoms with Crippen molar-refractivity contribution in [1.82, 2.24) is 5.32 Å². The number of nitrogens with one attached hydrogen (secondary N) is 2. The molecule has 2 aromatic carbocycles. The van der Waals surface area contributed by atoms with Gasteiger partial charge in [-0.1, -0.05) is 42.5 Å². The van der Waals surface area contributed by atoms with Gasteiger partial charge in [0.25, 0.3) is 0 Å². The maximum Gasteiger partial charge on any atom is 0.339 e. The molecule has 2 aromatic rings. The molecule has 0 aliphatic rings. The Balaban J connectivity index is 1.93. The van der Waals surface area contributed by atoms with Gasteiger partial charge in [-0.05, 0) is 30.7 Å². The number of aliphatic carboxylic acids is 1. The summed E-state index contributed by atoms with van der Waals surface area (Å²) in [7, 11) is 1.25. The van der Waals surface area contributed by atoms with Crippen molar-refractivity contribution < 1.29 is 24.2 Å². The molecular weight excluding hydrogens is 348 g/mol. The van der Waals surface area contributed by atoms with Gasteiger partial charge in [0, 0.05) is 0 Å². The number of hydrogen-bond donors (Lipinski definition) is 3. The van der Waals surface area contributed by atoms with Gasteiger partial charge in [0.05, 0.1) is 24.8 Å². The maximum atomic E-state index is 12.3. The van der Waals surface area contributed by atoms with Gasteiger partial charge >= 0.3 is 11.9 Å². The number of esters is 1. The van der Waals surface area contributed by atoms with E-state index in [1.807, 2.05) is 30.3 Å². The fourth-order valence-corrected chi connectivity index (χ4v) is 2.55. The van der Waals surface area contributed by atoms with Crippen LogP contribution in [0.5, 0.6) is 0 Å². The van der Waals surface area contributed by atoms with Crippen LogP contribution in [0.15, 0.2) is 54.6 Å². The standard InChI is InChI=1S/C20H22N2O5/c1-27-20(26)15-9-5-6-10-16(15)22-18(23)13-17(19(24)25)21-12-11-14-7-3-2-4-8-14/h2-10,17,21H,11-13H2,1H3,(H,22,23)(H,24,25). The number of ether oxygens (including phenoxy) is 1. The first-order valence-corrected chi connectivity index (χ1v) is 8.48. The number of rotatable bonds is 9. The molecule has 0 spiro atoms. The van der Waals surface area contributed by atoms with E-state index in [0.29, 0.717) is 13.0 Å². The van der Waals surface area contributed by atoms with Crippen molar-refractivity contribution in [3.05, 3.63) is 65.7 Å². The van der Waals surface area contributed by atoms with Crippen LogP contribution in [0, 0.1) is 0 Å². The average Bonchev–Trinajstić information content (AvgIpc) is 2.67. The quantitative estimate of drug-likeness (QED) is 0.584. The van der Waals surface area contributed by atoms with Crippen molar-refractivity contribution in [2.75, 3.05) is 19.0 Å². The van der Waals surface area contributed by atoms with Crippen LogP contribution in [-0.2, 0) is 20.7 Å². The van der Waals surface area contributed by atoms with Crippen LogP contribution in [0.3, 0.4) is 0 Å². The minimum absolute atomic E-state index is 0.206. The Morgan fingerprint density at radius 2 is 1.70 bits per heavy atom. The summed E-state index contributed by atoms with van der Waals surface area (Å²) in [6.07, 6.45) is 0.386. The van der Waals surface area contributed by atoms with E-state index in [2.05, 4.69) is 15.4 Å². The molecule has 142 valence electrons. The molecule has 7 heteroatoms. The smallest absolute Gasteiger partial charge is 0.339 e. The van der Waals surface area contributed by atoms with Crippen LogP contribution < -0.4 is 10.6 Å². The highest BCUT2D eigenvalue weighted by atomic mass is 16.5. The molecule has 27 heavy (non-hydrogen) atoms. The number of amides is 1. The van der Waals surface area contributed by atoms with E-state index < -0.39 is 23.9 Å². The number of anilines is 1. The van der Waals surface area contributed by atoms with Gasteiger partial charge in [-0.25, -0.2) is 4.79 Å². The van der Waals surface area contributed by atoms with E-state index in [4.69, 9.17) is 0 Å². The zero-order valence-electron chi connectivity index (χ0n) is 15.0. The third kappa shape index (κ3) is 6.23. The van der Waals surface area contributed by atoms with Crippen LogP contribution in [-0.4, -0.2) is 42.6 Å². The molecule has 0 fully saturated rings. The number of benzene rings is 2. The Morgan fingerprint density at radius 3 is 2.37 bits per heavy atom. The van der Waals surface area contributed by atoms with Crippen LogP contribution in [0.4, 0.5) is 5.69 Å². The zero-order chi connectivity index (χ0) is 19.6. The second-order valence-corrected chi connectivity index (χ2v) is 5.87. The summed E-state index contributed by atoms with van der Waals surface area (Å²) in [6.45, 7) is 0.424. The molecule has 1 unspecified atom stereocenters. The van der Waals surface area contributed by atoms with E-state index >= 15 is 0 Å². The number of para-hydroxylation sites is 1. The third-order valence-corrected chi connectivity index (χ3v) is 3.94. The predicted octanol–water partition coefficient (Wildman–Crippen LogP) is 2.09. The average molecular weight is 370 g/mol. The van der Waals surface area contributed by atoms with Crippen molar-refractivity contribution in [3.63, 3.8) is 0 Å². The van der Waals surface area contributed by atoms with E-state index in [1.165, 1.54) is 13.2 Å². The minimum atomic E-state index is -1.11. The third-order valence-electron chi connectivity index (χ3n) is 3.94. The predicted molar refractivity (Wildman–Crippen MR) is 101 cm³/mol. The number of carbonyl (C=O) groups is 3. The topological polar surface area (TPSA) is 105 Å². The second kappa shape index (κ2) is 10.1. The van der Waals surface area contributed by atoms with E-state index in [0.717, 1.165) is 5.56 Å². The van der Waals surface area contributed by atoms with Gasteiger partial charge < -0.3 is 20.5 Å². The number of hydrogen-bond acceptors (Lipinski definition) is 5. The Bertz CT molecular complexity index is 792. The van der Waals surface area contributed by atoms with Gasteiger partial charge in [0.1, 0.15) is 6.04 Å². The summed E-state index contributed by atoms with van der Waals surface area (Å²) < 4.78 is 4.68. The van der Waals surface area contributed by atoms with E-state index in [-0.39, 0.29) is 17.7 Å². The highest BCUT2D eigenvalue weighted by Crippen LogP contribution is 2.16. The van der Waals surface area contributed by atoms with Crippen molar-refractivity contribution in [2.24, 2.45) is 0 Å². The van der Waals surface area contributed by atoms with Crippen LogP contribution in [0.1, 0.15) is 22.3 Å². The lowest BCUT2D eigenvalue weighted by Gasteiger charge is -2.15. The normalized spacial score (nSPS) is 11.4. The van der Waals surface area contributed by atoms with Crippen molar-refractivity contribution in [2.45, 2.75) is 18.9 Å². The maximum absolute atomic E-state index is 12.3. The number of methoxy groups -OCH3 is 1. The fourth-order valence-electron chi connectivity index (χ4n) is 2.55. The van der Waals surface area contributed by atoms with Crippen molar-refractivity contribution in [1.29, 1.82) is 0 Å². The van der Waals surface area contributed by atoms with Gasteiger partial charge in [0.15, 0.2) is 0 Å². The Labute approximate surface area is 157 Å².